The summed E-state index contributed by atoms with van der Waals surface area (Å²) in [6, 6.07) is 0. The Hall–Kier alpha value is -2.55. The summed E-state index contributed by atoms with van der Waals surface area (Å²) in [7, 11) is -4.43. The number of carbonyl (C=O) groups excluding carboxylic acids is 2. The van der Waals surface area contributed by atoms with Gasteiger partial charge in [-0.15, -0.1) is 0 Å². The molecule has 2 atom stereocenters. The third-order valence-corrected chi connectivity index (χ3v) is 9.12. The Kier molecular flexibility index (Phi) is 37.3. The predicted molar refractivity (Wildman–Crippen MR) is 219 cm³/mol. The Labute approximate surface area is 322 Å². The Balaban J connectivity index is 3.66. The molecular formula is C43H74NO8P. The molecule has 0 spiro atoms. The smallest absolute Gasteiger partial charge is 0.463 e. The first-order valence-corrected chi connectivity index (χ1v) is 21.9. The minimum Gasteiger partial charge on any atom is -0.463 e. The SMILES string of the molecule is CC/C=C\C/C=C\C/C=C\CCCCCCCCCC(=O)OCC(O)COP(=O)(O)OCCNC(=O)CCCCCCC/C=C\C/C=C\C/C=C\CC. The zero-order valence-corrected chi connectivity index (χ0v) is 34.1. The summed E-state index contributed by atoms with van der Waals surface area (Å²) in [6.45, 7) is 3.28. The average Bonchev–Trinajstić information content (AvgIpc) is 3.14. The molecule has 0 saturated heterocycles. The highest BCUT2D eigenvalue weighted by Gasteiger charge is 2.23. The fraction of sp³-hybridized carbons (Fsp3) is 0.674. The number of nitrogens with one attached hydrogen (secondary N) is 1. The number of allylic oxidation sites excluding steroid dienone is 12. The van der Waals surface area contributed by atoms with Crippen LogP contribution in [0.3, 0.4) is 0 Å². The molecule has 9 nitrogen and oxygen atoms in total. The van der Waals surface area contributed by atoms with Crippen LogP contribution >= 0.6 is 7.82 Å². The lowest BCUT2D eigenvalue weighted by Gasteiger charge is -2.15. The third kappa shape index (κ3) is 40.5. The van der Waals surface area contributed by atoms with Gasteiger partial charge in [0.15, 0.2) is 0 Å². The van der Waals surface area contributed by atoms with Gasteiger partial charge in [-0.3, -0.25) is 18.6 Å². The van der Waals surface area contributed by atoms with E-state index in [-0.39, 0.29) is 32.1 Å². The van der Waals surface area contributed by atoms with Gasteiger partial charge in [0, 0.05) is 19.4 Å². The quantitative estimate of drug-likeness (QED) is 0.0247. The van der Waals surface area contributed by atoms with Crippen molar-refractivity contribution in [1.82, 2.24) is 5.32 Å². The van der Waals surface area contributed by atoms with Crippen molar-refractivity contribution in [2.24, 2.45) is 0 Å². The Morgan fingerprint density at radius 2 is 1.02 bits per heavy atom. The summed E-state index contributed by atoms with van der Waals surface area (Å²) in [4.78, 5) is 33.8. The van der Waals surface area contributed by atoms with E-state index in [1.165, 1.54) is 19.3 Å². The Bertz CT molecular complexity index is 1100. The highest BCUT2D eigenvalue weighted by molar-refractivity contribution is 7.47. The molecule has 304 valence electrons. The molecule has 0 aliphatic heterocycles. The molecule has 0 aromatic heterocycles. The van der Waals surface area contributed by atoms with E-state index in [1.54, 1.807) is 0 Å². The second-order valence-corrected chi connectivity index (χ2v) is 14.6. The molecule has 0 aliphatic rings. The van der Waals surface area contributed by atoms with E-state index in [2.05, 4.69) is 92.1 Å². The normalized spacial score (nSPS) is 14.1. The minimum absolute atomic E-state index is 0.0671. The zero-order valence-electron chi connectivity index (χ0n) is 33.2. The fourth-order valence-corrected chi connectivity index (χ4v) is 5.87. The van der Waals surface area contributed by atoms with Gasteiger partial charge in [-0.25, -0.2) is 4.57 Å². The lowest BCUT2D eigenvalue weighted by atomic mass is 10.1. The predicted octanol–water partition coefficient (Wildman–Crippen LogP) is 11.1. The summed E-state index contributed by atoms with van der Waals surface area (Å²) in [6.07, 6.45) is 46.8. The summed E-state index contributed by atoms with van der Waals surface area (Å²) in [5.41, 5.74) is 0. The van der Waals surface area contributed by atoms with Gasteiger partial charge < -0.3 is 20.1 Å². The number of aliphatic hydroxyl groups excluding tert-OH is 1. The molecule has 2 unspecified atom stereocenters. The highest BCUT2D eigenvalue weighted by atomic mass is 31.2. The molecular weight excluding hydrogens is 689 g/mol. The van der Waals surface area contributed by atoms with Crippen molar-refractivity contribution in [1.29, 1.82) is 0 Å². The molecule has 0 saturated carbocycles. The molecule has 0 heterocycles. The second-order valence-electron chi connectivity index (χ2n) is 13.2. The summed E-state index contributed by atoms with van der Waals surface area (Å²) in [5.74, 6) is -0.550. The fourth-order valence-electron chi connectivity index (χ4n) is 5.11. The van der Waals surface area contributed by atoms with Gasteiger partial charge in [0.1, 0.15) is 12.7 Å². The van der Waals surface area contributed by atoms with Crippen LogP contribution in [-0.2, 0) is 27.9 Å². The van der Waals surface area contributed by atoms with E-state index in [0.29, 0.717) is 6.42 Å². The largest absolute Gasteiger partial charge is 0.472 e. The van der Waals surface area contributed by atoms with Gasteiger partial charge in [-0.1, -0.05) is 138 Å². The first kappa shape index (κ1) is 50.5. The number of unbranched alkanes of at least 4 members (excludes halogenated alkanes) is 12. The summed E-state index contributed by atoms with van der Waals surface area (Å²) >= 11 is 0. The summed E-state index contributed by atoms with van der Waals surface area (Å²) in [5, 5.41) is 12.7. The van der Waals surface area contributed by atoms with Crippen LogP contribution in [0.1, 0.15) is 155 Å². The number of phosphoric acid groups is 1. The highest BCUT2D eigenvalue weighted by Crippen LogP contribution is 2.42. The monoisotopic (exact) mass is 764 g/mol. The minimum atomic E-state index is -4.43. The van der Waals surface area contributed by atoms with E-state index in [4.69, 9.17) is 13.8 Å². The second kappa shape index (κ2) is 39.2. The molecule has 3 N–H and O–H groups in total. The molecule has 0 aliphatic carbocycles. The molecule has 0 radical (unpaired) electrons. The number of aliphatic hydroxyl groups is 1. The van der Waals surface area contributed by atoms with Crippen molar-refractivity contribution >= 4 is 19.7 Å². The maximum absolute atomic E-state index is 12.1. The topological polar surface area (TPSA) is 131 Å². The van der Waals surface area contributed by atoms with Gasteiger partial charge in [-0.05, 0) is 77.0 Å². The molecule has 0 fully saturated rings. The van der Waals surface area contributed by atoms with Gasteiger partial charge in [0.25, 0.3) is 0 Å². The lowest BCUT2D eigenvalue weighted by molar-refractivity contribution is -0.147. The van der Waals surface area contributed by atoms with Crippen LogP contribution < -0.4 is 5.32 Å². The van der Waals surface area contributed by atoms with Crippen molar-refractivity contribution in [3.8, 4) is 0 Å². The van der Waals surface area contributed by atoms with Gasteiger partial charge in [0.05, 0.1) is 13.2 Å². The van der Waals surface area contributed by atoms with Crippen LogP contribution in [0.4, 0.5) is 0 Å². The van der Waals surface area contributed by atoms with Crippen LogP contribution in [0.15, 0.2) is 72.9 Å². The van der Waals surface area contributed by atoms with Crippen LogP contribution in [0.2, 0.25) is 0 Å². The molecule has 1 amide bonds. The zero-order chi connectivity index (χ0) is 38.9. The lowest BCUT2D eigenvalue weighted by Crippen LogP contribution is -2.27. The molecule has 0 bridgehead atoms. The van der Waals surface area contributed by atoms with E-state index < -0.39 is 26.5 Å². The molecule has 53 heavy (non-hydrogen) atoms. The van der Waals surface area contributed by atoms with Crippen LogP contribution in [0.5, 0.6) is 0 Å². The van der Waals surface area contributed by atoms with Crippen LogP contribution in [0, 0.1) is 0 Å². The summed E-state index contributed by atoms with van der Waals surface area (Å²) < 4.78 is 26.8. The van der Waals surface area contributed by atoms with E-state index >= 15 is 0 Å². The van der Waals surface area contributed by atoms with Crippen molar-refractivity contribution in [2.75, 3.05) is 26.4 Å². The van der Waals surface area contributed by atoms with Crippen molar-refractivity contribution in [3.05, 3.63) is 72.9 Å². The van der Waals surface area contributed by atoms with Gasteiger partial charge in [0.2, 0.25) is 5.91 Å². The van der Waals surface area contributed by atoms with E-state index in [0.717, 1.165) is 109 Å². The molecule has 10 heteroatoms. The number of carbonyl (C=O) groups is 2. The van der Waals surface area contributed by atoms with Crippen molar-refractivity contribution < 1.29 is 37.9 Å². The first-order valence-electron chi connectivity index (χ1n) is 20.4. The standard InChI is InChI=1S/C43H74NO8P/c1-3-5-7-9-11-13-15-17-19-20-22-24-26-28-30-32-34-36-43(47)50-39-41(45)40-52-53(48,49)51-38-37-44-42(46)35-33-31-29-27-25-23-21-18-16-14-12-10-8-6-4-2/h5-8,11-14,17-19,21,41,45H,3-4,9-10,15-16,20,22-40H2,1-2H3,(H,44,46)(H,48,49)/b7-5-,8-6-,13-11-,14-12-,19-17-,21-18-. The maximum atomic E-state index is 12.1. The first-order chi connectivity index (χ1) is 25.8. The maximum Gasteiger partial charge on any atom is 0.472 e. The number of rotatable bonds is 37. The van der Waals surface area contributed by atoms with Gasteiger partial charge in [-0.2, -0.15) is 0 Å². The molecule has 0 aromatic carbocycles. The number of hydrogen-bond donors (Lipinski definition) is 3. The number of ether oxygens (including phenoxy) is 1. The number of phosphoric ester groups is 1. The number of hydrogen-bond acceptors (Lipinski definition) is 7. The van der Waals surface area contributed by atoms with Crippen LogP contribution in [0.25, 0.3) is 0 Å². The van der Waals surface area contributed by atoms with Crippen molar-refractivity contribution in [2.45, 2.75) is 161 Å². The third-order valence-electron chi connectivity index (χ3n) is 8.13. The number of esters is 1. The van der Waals surface area contributed by atoms with Crippen molar-refractivity contribution in [3.63, 3.8) is 0 Å². The van der Waals surface area contributed by atoms with Crippen LogP contribution in [-0.4, -0.2) is 54.3 Å². The van der Waals surface area contributed by atoms with E-state index in [9.17, 15) is 24.2 Å². The van der Waals surface area contributed by atoms with Gasteiger partial charge >= 0.3 is 13.8 Å². The van der Waals surface area contributed by atoms with E-state index in [1.807, 2.05) is 0 Å². The molecule has 0 aromatic rings. The average molecular weight is 764 g/mol. The Morgan fingerprint density at radius 1 is 0.585 bits per heavy atom. The molecule has 0 rings (SSSR count). The Morgan fingerprint density at radius 3 is 1.53 bits per heavy atom. The number of amides is 1.